The van der Waals surface area contributed by atoms with E-state index in [-0.39, 0.29) is 17.9 Å². The van der Waals surface area contributed by atoms with Gasteiger partial charge < -0.3 is 10.6 Å². The van der Waals surface area contributed by atoms with Crippen LogP contribution in [0.5, 0.6) is 0 Å². The van der Waals surface area contributed by atoms with Gasteiger partial charge in [0.25, 0.3) is 0 Å². The van der Waals surface area contributed by atoms with Gasteiger partial charge in [-0.25, -0.2) is 0 Å². The van der Waals surface area contributed by atoms with Crippen LogP contribution >= 0.6 is 0 Å². The van der Waals surface area contributed by atoms with Gasteiger partial charge >= 0.3 is 0 Å². The second kappa shape index (κ2) is 6.82. The third kappa shape index (κ3) is 4.09. The SMILES string of the molecule is CCCCN(CC)C(=O)[C@@H](N)C(C)C. The summed E-state index contributed by atoms with van der Waals surface area (Å²) in [7, 11) is 0. The topological polar surface area (TPSA) is 46.3 Å². The molecule has 0 aliphatic heterocycles. The molecule has 0 spiro atoms. The first-order chi connectivity index (χ1) is 6.54. The van der Waals surface area contributed by atoms with Crippen molar-refractivity contribution in [1.29, 1.82) is 0 Å². The summed E-state index contributed by atoms with van der Waals surface area (Å²) in [6.07, 6.45) is 2.17. The van der Waals surface area contributed by atoms with Gasteiger partial charge in [0.2, 0.25) is 5.91 Å². The first-order valence-electron chi connectivity index (χ1n) is 5.58. The van der Waals surface area contributed by atoms with E-state index >= 15 is 0 Å². The van der Waals surface area contributed by atoms with Gasteiger partial charge in [0.15, 0.2) is 0 Å². The number of amides is 1. The van der Waals surface area contributed by atoms with Gasteiger partial charge in [-0.3, -0.25) is 4.79 Å². The molecule has 0 saturated carbocycles. The Kier molecular flexibility index (Phi) is 6.54. The van der Waals surface area contributed by atoms with Crippen molar-refractivity contribution in [2.24, 2.45) is 11.7 Å². The van der Waals surface area contributed by atoms with Crippen LogP contribution in [0, 0.1) is 5.92 Å². The fourth-order valence-electron chi connectivity index (χ4n) is 1.27. The van der Waals surface area contributed by atoms with Crippen LogP contribution in [0.15, 0.2) is 0 Å². The molecule has 1 amide bonds. The lowest BCUT2D eigenvalue weighted by Crippen LogP contribution is -2.46. The molecule has 0 unspecified atom stereocenters. The van der Waals surface area contributed by atoms with Gasteiger partial charge in [-0.1, -0.05) is 27.2 Å². The Morgan fingerprint density at radius 1 is 1.36 bits per heavy atom. The van der Waals surface area contributed by atoms with Crippen LogP contribution in [0.4, 0.5) is 0 Å². The smallest absolute Gasteiger partial charge is 0.239 e. The number of hydrogen-bond donors (Lipinski definition) is 1. The van der Waals surface area contributed by atoms with E-state index in [1.54, 1.807) is 0 Å². The Morgan fingerprint density at radius 2 is 1.93 bits per heavy atom. The maximum Gasteiger partial charge on any atom is 0.239 e. The van der Waals surface area contributed by atoms with E-state index in [0.29, 0.717) is 0 Å². The average Bonchev–Trinajstić information content (AvgIpc) is 2.17. The third-order valence-corrected chi connectivity index (χ3v) is 2.48. The zero-order valence-electron chi connectivity index (χ0n) is 9.92. The molecule has 3 heteroatoms. The molecule has 84 valence electrons. The Morgan fingerprint density at radius 3 is 2.29 bits per heavy atom. The van der Waals surface area contributed by atoms with E-state index in [2.05, 4.69) is 6.92 Å². The number of carbonyl (C=O) groups excluding carboxylic acids is 1. The molecular formula is C11H24N2O. The summed E-state index contributed by atoms with van der Waals surface area (Å²) in [5.41, 5.74) is 5.82. The Labute approximate surface area is 87.6 Å². The monoisotopic (exact) mass is 200 g/mol. The minimum atomic E-state index is -0.341. The molecular weight excluding hydrogens is 176 g/mol. The van der Waals surface area contributed by atoms with Crippen molar-refractivity contribution in [3.8, 4) is 0 Å². The minimum absolute atomic E-state index is 0.0935. The van der Waals surface area contributed by atoms with Gasteiger partial charge in [0, 0.05) is 13.1 Å². The van der Waals surface area contributed by atoms with Crippen molar-refractivity contribution in [2.45, 2.75) is 46.6 Å². The third-order valence-electron chi connectivity index (χ3n) is 2.48. The van der Waals surface area contributed by atoms with Crippen molar-refractivity contribution in [3.05, 3.63) is 0 Å². The van der Waals surface area contributed by atoms with Gasteiger partial charge in [-0.15, -0.1) is 0 Å². The molecule has 0 aliphatic rings. The van der Waals surface area contributed by atoms with Crippen LogP contribution in [-0.2, 0) is 4.79 Å². The van der Waals surface area contributed by atoms with E-state index in [1.165, 1.54) is 0 Å². The number of rotatable bonds is 6. The van der Waals surface area contributed by atoms with Crippen molar-refractivity contribution in [3.63, 3.8) is 0 Å². The molecule has 0 saturated heterocycles. The molecule has 0 aromatic heterocycles. The highest BCUT2D eigenvalue weighted by atomic mass is 16.2. The fraction of sp³-hybridized carbons (Fsp3) is 0.909. The van der Waals surface area contributed by atoms with E-state index in [0.717, 1.165) is 25.9 Å². The summed E-state index contributed by atoms with van der Waals surface area (Å²) >= 11 is 0. The number of hydrogen-bond acceptors (Lipinski definition) is 2. The highest BCUT2D eigenvalue weighted by molar-refractivity contribution is 5.81. The summed E-state index contributed by atoms with van der Waals surface area (Å²) in [6, 6.07) is -0.341. The highest BCUT2D eigenvalue weighted by Crippen LogP contribution is 2.04. The van der Waals surface area contributed by atoms with Crippen LogP contribution in [-0.4, -0.2) is 29.9 Å². The summed E-state index contributed by atoms with van der Waals surface area (Å²) in [5.74, 6) is 0.314. The Bertz CT molecular complexity index is 169. The molecule has 0 aromatic rings. The van der Waals surface area contributed by atoms with Crippen molar-refractivity contribution < 1.29 is 4.79 Å². The lowest BCUT2D eigenvalue weighted by atomic mass is 10.0. The predicted molar refractivity (Wildman–Crippen MR) is 60.0 cm³/mol. The zero-order valence-corrected chi connectivity index (χ0v) is 9.92. The average molecular weight is 200 g/mol. The molecule has 0 aliphatic carbocycles. The van der Waals surface area contributed by atoms with Crippen LogP contribution in [0.2, 0.25) is 0 Å². The highest BCUT2D eigenvalue weighted by Gasteiger charge is 2.21. The summed E-state index contributed by atoms with van der Waals surface area (Å²) in [5, 5.41) is 0. The normalized spacial score (nSPS) is 13.0. The quantitative estimate of drug-likeness (QED) is 0.708. The summed E-state index contributed by atoms with van der Waals surface area (Å²) < 4.78 is 0. The lowest BCUT2D eigenvalue weighted by molar-refractivity contribution is -0.133. The molecule has 0 heterocycles. The zero-order chi connectivity index (χ0) is 11.1. The number of nitrogens with zero attached hydrogens (tertiary/aromatic N) is 1. The number of likely N-dealkylation sites (N-methyl/N-ethyl adjacent to an activating group) is 1. The van der Waals surface area contributed by atoms with Gasteiger partial charge in [0.1, 0.15) is 0 Å². The fourth-order valence-corrected chi connectivity index (χ4v) is 1.27. The van der Waals surface area contributed by atoms with Crippen LogP contribution in [0.1, 0.15) is 40.5 Å². The first-order valence-corrected chi connectivity index (χ1v) is 5.58. The molecule has 2 N–H and O–H groups in total. The second-order valence-corrected chi connectivity index (χ2v) is 4.04. The Hall–Kier alpha value is -0.570. The van der Waals surface area contributed by atoms with Crippen LogP contribution < -0.4 is 5.73 Å². The maximum absolute atomic E-state index is 11.8. The molecule has 0 radical (unpaired) electrons. The molecule has 0 bridgehead atoms. The largest absolute Gasteiger partial charge is 0.342 e. The second-order valence-electron chi connectivity index (χ2n) is 4.04. The minimum Gasteiger partial charge on any atom is -0.342 e. The van der Waals surface area contributed by atoms with E-state index < -0.39 is 0 Å². The molecule has 3 nitrogen and oxygen atoms in total. The summed E-state index contributed by atoms with van der Waals surface area (Å²) in [4.78, 5) is 13.7. The molecule has 1 atom stereocenters. The van der Waals surface area contributed by atoms with Crippen molar-refractivity contribution in [2.75, 3.05) is 13.1 Å². The van der Waals surface area contributed by atoms with Crippen molar-refractivity contribution >= 4 is 5.91 Å². The predicted octanol–water partition coefficient (Wildman–Crippen LogP) is 1.62. The lowest BCUT2D eigenvalue weighted by Gasteiger charge is -2.25. The van der Waals surface area contributed by atoms with Crippen LogP contribution in [0.3, 0.4) is 0 Å². The van der Waals surface area contributed by atoms with E-state index in [1.807, 2.05) is 25.7 Å². The van der Waals surface area contributed by atoms with Crippen LogP contribution in [0.25, 0.3) is 0 Å². The number of nitrogens with two attached hydrogens (primary N) is 1. The molecule has 0 rings (SSSR count). The first kappa shape index (κ1) is 13.4. The van der Waals surface area contributed by atoms with E-state index in [4.69, 9.17) is 5.73 Å². The van der Waals surface area contributed by atoms with Crippen molar-refractivity contribution in [1.82, 2.24) is 4.90 Å². The number of unbranched alkanes of at least 4 members (excludes halogenated alkanes) is 1. The molecule has 0 fully saturated rings. The van der Waals surface area contributed by atoms with Gasteiger partial charge in [-0.2, -0.15) is 0 Å². The Balaban J connectivity index is 4.16. The van der Waals surface area contributed by atoms with Gasteiger partial charge in [-0.05, 0) is 19.3 Å². The molecule has 14 heavy (non-hydrogen) atoms. The summed E-state index contributed by atoms with van der Waals surface area (Å²) in [6.45, 7) is 9.69. The van der Waals surface area contributed by atoms with Gasteiger partial charge in [0.05, 0.1) is 6.04 Å². The van der Waals surface area contributed by atoms with E-state index in [9.17, 15) is 4.79 Å². The standard InChI is InChI=1S/C11H24N2O/c1-5-7-8-13(6-2)11(14)10(12)9(3)4/h9-10H,5-8,12H2,1-4H3/t10-/m0/s1. The number of carbonyl (C=O) groups is 1. The maximum atomic E-state index is 11.8. The molecule has 0 aromatic carbocycles.